The average Bonchev–Trinajstić information content (AvgIpc) is 2.55. The first-order chi connectivity index (χ1) is 7.58. The summed E-state index contributed by atoms with van der Waals surface area (Å²) in [5.74, 6) is -0.0685. The Labute approximate surface area is 105 Å². The SMILES string of the molecule is O=c1scc(O)n1Cc1cnc(Cl)c(Cl)c1. The Balaban J connectivity index is 2.34. The summed E-state index contributed by atoms with van der Waals surface area (Å²) in [4.78, 5) is 15.0. The maximum Gasteiger partial charge on any atom is 0.310 e. The molecule has 0 unspecified atom stereocenters. The molecule has 0 atom stereocenters. The normalized spacial score (nSPS) is 10.6. The fourth-order valence-electron chi connectivity index (χ4n) is 1.20. The predicted molar refractivity (Wildman–Crippen MR) is 63.6 cm³/mol. The van der Waals surface area contributed by atoms with Gasteiger partial charge < -0.3 is 5.11 Å². The molecular weight excluding hydrogens is 271 g/mol. The summed E-state index contributed by atoms with van der Waals surface area (Å²) in [6.07, 6.45) is 1.51. The van der Waals surface area contributed by atoms with Crippen molar-refractivity contribution in [3.63, 3.8) is 0 Å². The van der Waals surface area contributed by atoms with Gasteiger partial charge in [0.1, 0.15) is 5.15 Å². The second-order valence-corrected chi connectivity index (χ2v) is 4.65. The zero-order valence-corrected chi connectivity index (χ0v) is 10.2. The molecule has 7 heteroatoms. The van der Waals surface area contributed by atoms with Gasteiger partial charge in [0.2, 0.25) is 5.88 Å². The Hall–Kier alpha value is -1.04. The van der Waals surface area contributed by atoms with Gasteiger partial charge in [0.05, 0.1) is 16.9 Å². The third-order valence-electron chi connectivity index (χ3n) is 1.96. The molecule has 0 radical (unpaired) electrons. The summed E-state index contributed by atoms with van der Waals surface area (Å²) >= 11 is 12.4. The molecule has 0 aliphatic heterocycles. The molecule has 0 aromatic carbocycles. The van der Waals surface area contributed by atoms with E-state index in [1.54, 1.807) is 6.07 Å². The number of hydrogen-bond acceptors (Lipinski definition) is 4. The van der Waals surface area contributed by atoms with Crippen LogP contribution in [0.15, 0.2) is 22.4 Å². The van der Waals surface area contributed by atoms with Crippen molar-refractivity contribution in [2.45, 2.75) is 6.54 Å². The molecule has 2 rings (SSSR count). The highest BCUT2D eigenvalue weighted by Crippen LogP contribution is 2.21. The number of rotatable bonds is 2. The van der Waals surface area contributed by atoms with Gasteiger partial charge in [0, 0.05) is 6.20 Å². The quantitative estimate of drug-likeness (QED) is 0.857. The van der Waals surface area contributed by atoms with Gasteiger partial charge in [-0.15, -0.1) is 0 Å². The van der Waals surface area contributed by atoms with E-state index in [0.717, 1.165) is 11.3 Å². The first-order valence-electron chi connectivity index (χ1n) is 4.25. The van der Waals surface area contributed by atoms with Crippen molar-refractivity contribution in [1.29, 1.82) is 0 Å². The number of hydrogen-bond donors (Lipinski definition) is 1. The molecule has 0 aliphatic carbocycles. The lowest BCUT2D eigenvalue weighted by atomic mass is 10.3. The number of nitrogens with zero attached hydrogens (tertiary/aromatic N) is 2. The minimum Gasteiger partial charge on any atom is -0.494 e. The van der Waals surface area contributed by atoms with Gasteiger partial charge in [-0.2, -0.15) is 0 Å². The molecule has 0 spiro atoms. The molecule has 4 nitrogen and oxygen atoms in total. The Morgan fingerprint density at radius 2 is 2.25 bits per heavy atom. The second-order valence-electron chi connectivity index (χ2n) is 3.06. The summed E-state index contributed by atoms with van der Waals surface area (Å²) in [7, 11) is 0. The minimum atomic E-state index is -0.233. The Kier molecular flexibility index (Phi) is 3.18. The molecule has 0 saturated carbocycles. The topological polar surface area (TPSA) is 55.1 Å². The lowest BCUT2D eigenvalue weighted by Crippen LogP contribution is -2.13. The number of aromatic hydroxyl groups is 1. The van der Waals surface area contributed by atoms with Crippen molar-refractivity contribution < 1.29 is 5.11 Å². The van der Waals surface area contributed by atoms with E-state index in [0.29, 0.717) is 10.6 Å². The van der Waals surface area contributed by atoms with Crippen LogP contribution in [0.3, 0.4) is 0 Å². The van der Waals surface area contributed by atoms with Crippen molar-refractivity contribution in [1.82, 2.24) is 9.55 Å². The van der Waals surface area contributed by atoms with Crippen LogP contribution in [0.2, 0.25) is 10.2 Å². The van der Waals surface area contributed by atoms with Crippen molar-refractivity contribution in [2.75, 3.05) is 0 Å². The number of halogens is 2. The number of aromatic nitrogens is 2. The van der Waals surface area contributed by atoms with Gasteiger partial charge in [-0.05, 0) is 11.6 Å². The van der Waals surface area contributed by atoms with Crippen LogP contribution in [-0.2, 0) is 6.54 Å². The summed E-state index contributed by atoms with van der Waals surface area (Å²) in [6.45, 7) is 0.220. The van der Waals surface area contributed by atoms with E-state index in [9.17, 15) is 9.90 Å². The van der Waals surface area contributed by atoms with E-state index < -0.39 is 0 Å². The summed E-state index contributed by atoms with van der Waals surface area (Å²) < 4.78 is 1.23. The van der Waals surface area contributed by atoms with Crippen LogP contribution in [0.25, 0.3) is 0 Å². The smallest absolute Gasteiger partial charge is 0.310 e. The van der Waals surface area contributed by atoms with Crippen molar-refractivity contribution >= 4 is 34.5 Å². The van der Waals surface area contributed by atoms with Crippen LogP contribution in [0.5, 0.6) is 5.88 Å². The Morgan fingerprint density at radius 3 is 2.81 bits per heavy atom. The third kappa shape index (κ3) is 2.21. The van der Waals surface area contributed by atoms with E-state index in [-0.39, 0.29) is 22.5 Å². The largest absolute Gasteiger partial charge is 0.494 e. The lowest BCUT2D eigenvalue weighted by molar-refractivity contribution is 0.421. The van der Waals surface area contributed by atoms with Gasteiger partial charge in [0.25, 0.3) is 0 Å². The first kappa shape index (κ1) is 11.4. The van der Waals surface area contributed by atoms with Gasteiger partial charge >= 0.3 is 4.87 Å². The van der Waals surface area contributed by atoms with E-state index in [1.807, 2.05) is 0 Å². The summed E-state index contributed by atoms with van der Waals surface area (Å²) in [5.41, 5.74) is 0.699. The maximum absolute atomic E-state index is 11.3. The van der Waals surface area contributed by atoms with Crippen LogP contribution in [0.4, 0.5) is 0 Å². The molecule has 16 heavy (non-hydrogen) atoms. The van der Waals surface area contributed by atoms with Crippen LogP contribution in [0, 0.1) is 0 Å². The molecular formula is C9H6Cl2N2O2S. The maximum atomic E-state index is 11.3. The Morgan fingerprint density at radius 1 is 1.50 bits per heavy atom. The average molecular weight is 277 g/mol. The molecule has 0 saturated heterocycles. The molecule has 0 amide bonds. The third-order valence-corrected chi connectivity index (χ3v) is 3.39. The van der Waals surface area contributed by atoms with E-state index in [1.165, 1.54) is 16.1 Å². The molecule has 2 aromatic heterocycles. The Bertz CT molecular complexity index is 579. The molecule has 84 valence electrons. The van der Waals surface area contributed by atoms with Gasteiger partial charge in [0.15, 0.2) is 0 Å². The van der Waals surface area contributed by atoms with Crippen LogP contribution < -0.4 is 4.87 Å². The van der Waals surface area contributed by atoms with E-state index in [2.05, 4.69) is 4.98 Å². The fourth-order valence-corrected chi connectivity index (χ4v) is 2.11. The molecule has 0 bridgehead atoms. The zero-order valence-electron chi connectivity index (χ0n) is 7.85. The molecule has 1 N–H and O–H groups in total. The number of pyridine rings is 1. The van der Waals surface area contributed by atoms with Crippen LogP contribution >= 0.6 is 34.5 Å². The van der Waals surface area contributed by atoms with Crippen LogP contribution in [0.1, 0.15) is 5.56 Å². The highest BCUT2D eigenvalue weighted by molar-refractivity contribution is 7.07. The van der Waals surface area contributed by atoms with Gasteiger partial charge in [-0.1, -0.05) is 34.5 Å². The van der Waals surface area contributed by atoms with Crippen molar-refractivity contribution in [3.8, 4) is 5.88 Å². The zero-order chi connectivity index (χ0) is 11.7. The first-order valence-corrected chi connectivity index (χ1v) is 5.88. The highest BCUT2D eigenvalue weighted by Gasteiger charge is 2.07. The van der Waals surface area contributed by atoms with Crippen molar-refractivity contribution in [3.05, 3.63) is 43.0 Å². The lowest BCUT2D eigenvalue weighted by Gasteiger charge is -2.04. The van der Waals surface area contributed by atoms with Gasteiger partial charge in [-0.3, -0.25) is 9.36 Å². The molecule has 2 aromatic rings. The monoisotopic (exact) mass is 276 g/mol. The number of thiazole rings is 1. The summed E-state index contributed by atoms with van der Waals surface area (Å²) in [5, 5.41) is 11.3. The fraction of sp³-hybridized carbons (Fsp3) is 0.111. The van der Waals surface area contributed by atoms with Gasteiger partial charge in [-0.25, -0.2) is 4.98 Å². The molecule has 0 fully saturated rings. The van der Waals surface area contributed by atoms with E-state index >= 15 is 0 Å². The summed E-state index contributed by atoms with van der Waals surface area (Å²) in [6, 6.07) is 1.61. The standard InChI is InChI=1S/C9H6Cl2N2O2S/c10-6-1-5(2-12-8(6)11)3-13-7(14)4-16-9(13)15/h1-2,4,14H,3H2. The molecule has 0 aliphatic rings. The van der Waals surface area contributed by atoms with Crippen LogP contribution in [-0.4, -0.2) is 14.7 Å². The van der Waals surface area contributed by atoms with E-state index in [4.69, 9.17) is 23.2 Å². The predicted octanol–water partition coefficient (Wildman–Crippen LogP) is 2.37. The van der Waals surface area contributed by atoms with Crippen molar-refractivity contribution in [2.24, 2.45) is 0 Å². The second kappa shape index (κ2) is 4.45. The molecule has 2 heterocycles. The highest BCUT2D eigenvalue weighted by atomic mass is 35.5. The minimum absolute atomic E-state index is 0.0685.